The van der Waals surface area contributed by atoms with Gasteiger partial charge in [0.1, 0.15) is 0 Å². The Morgan fingerprint density at radius 3 is 3.00 bits per heavy atom. The van der Waals surface area contributed by atoms with Crippen molar-refractivity contribution in [1.82, 2.24) is 19.3 Å². The molecular formula is C16H19BrN4O. The monoisotopic (exact) mass is 362 g/mol. The van der Waals surface area contributed by atoms with Gasteiger partial charge >= 0.3 is 0 Å². The van der Waals surface area contributed by atoms with Gasteiger partial charge in [-0.15, -0.1) is 0 Å². The number of nitrogens with zero attached hydrogens (tertiary/aromatic N) is 4. The van der Waals surface area contributed by atoms with Crippen molar-refractivity contribution in [2.24, 2.45) is 5.41 Å². The van der Waals surface area contributed by atoms with E-state index in [-0.39, 0.29) is 5.41 Å². The number of rotatable bonds is 1. The number of fused-ring (bicyclic) bond motifs is 2. The first-order chi connectivity index (χ1) is 10.5. The third-order valence-corrected chi connectivity index (χ3v) is 5.67. The molecule has 2 unspecified atom stereocenters. The van der Waals surface area contributed by atoms with Crippen molar-refractivity contribution in [3.8, 4) is 0 Å². The van der Waals surface area contributed by atoms with Crippen LogP contribution in [0.15, 0.2) is 23.3 Å². The molecule has 2 aliphatic heterocycles. The van der Waals surface area contributed by atoms with Crippen LogP contribution in [0.5, 0.6) is 0 Å². The van der Waals surface area contributed by atoms with E-state index >= 15 is 0 Å². The topological polar surface area (TPSA) is 50.5 Å². The largest absolute Gasteiger partial charge is 0.339 e. The van der Waals surface area contributed by atoms with Crippen molar-refractivity contribution in [3.05, 3.63) is 29.0 Å². The average Bonchev–Trinajstić information content (AvgIpc) is 2.95. The normalized spacial score (nSPS) is 27.4. The van der Waals surface area contributed by atoms with Crippen molar-refractivity contribution in [3.63, 3.8) is 0 Å². The minimum Gasteiger partial charge on any atom is -0.339 e. The van der Waals surface area contributed by atoms with Crippen LogP contribution in [-0.2, 0) is 4.79 Å². The lowest BCUT2D eigenvalue weighted by atomic mass is 9.86. The number of piperidine rings is 1. The highest BCUT2D eigenvalue weighted by Gasteiger charge is 2.47. The standard InChI is InChI=1S/C16H19BrN4O/c1-16(2)7-11-4-3-10(9-21(11)14(16)22)13-12-8-18-5-6-20(12)15(17)19-13/h5-6,8,10-11H,3-4,7,9H2,1-2H3. The summed E-state index contributed by atoms with van der Waals surface area (Å²) in [6.45, 7) is 4.91. The number of aromatic nitrogens is 3. The molecule has 4 rings (SSSR count). The number of halogens is 1. The van der Waals surface area contributed by atoms with Gasteiger partial charge in [-0.3, -0.25) is 14.2 Å². The molecule has 0 radical (unpaired) electrons. The first kappa shape index (κ1) is 14.2. The first-order valence-corrected chi connectivity index (χ1v) is 8.55. The molecule has 0 aromatic carbocycles. The molecule has 2 aliphatic rings. The van der Waals surface area contributed by atoms with Gasteiger partial charge in [-0.25, -0.2) is 4.98 Å². The summed E-state index contributed by atoms with van der Waals surface area (Å²) in [7, 11) is 0. The van der Waals surface area contributed by atoms with Crippen molar-refractivity contribution in [2.45, 2.75) is 45.1 Å². The zero-order chi connectivity index (χ0) is 15.5. The van der Waals surface area contributed by atoms with Crippen LogP contribution in [0.3, 0.4) is 0 Å². The molecular weight excluding hydrogens is 344 g/mol. The van der Waals surface area contributed by atoms with Gasteiger partial charge in [0.15, 0.2) is 4.73 Å². The minimum atomic E-state index is -0.210. The lowest BCUT2D eigenvalue weighted by Crippen LogP contribution is -2.42. The van der Waals surface area contributed by atoms with Crippen molar-refractivity contribution in [2.75, 3.05) is 6.54 Å². The molecule has 0 spiro atoms. The fourth-order valence-corrected chi connectivity index (χ4v) is 4.50. The van der Waals surface area contributed by atoms with Crippen molar-refractivity contribution in [1.29, 1.82) is 0 Å². The van der Waals surface area contributed by atoms with Crippen LogP contribution in [0.25, 0.3) is 5.52 Å². The molecule has 0 aliphatic carbocycles. The summed E-state index contributed by atoms with van der Waals surface area (Å²) in [6.07, 6.45) is 8.65. The second-order valence-corrected chi connectivity index (χ2v) is 7.78. The van der Waals surface area contributed by atoms with Crippen LogP contribution < -0.4 is 0 Å². The zero-order valence-electron chi connectivity index (χ0n) is 12.8. The third kappa shape index (κ3) is 2.00. The van der Waals surface area contributed by atoms with E-state index in [9.17, 15) is 4.79 Å². The summed E-state index contributed by atoms with van der Waals surface area (Å²) in [5, 5.41) is 0. The first-order valence-electron chi connectivity index (χ1n) is 7.76. The summed E-state index contributed by atoms with van der Waals surface area (Å²) >= 11 is 3.51. The summed E-state index contributed by atoms with van der Waals surface area (Å²) in [6, 6.07) is 0.411. The van der Waals surface area contributed by atoms with E-state index in [1.165, 1.54) is 0 Å². The lowest BCUT2D eigenvalue weighted by Gasteiger charge is -2.34. The van der Waals surface area contributed by atoms with E-state index in [0.717, 1.165) is 41.8 Å². The van der Waals surface area contributed by atoms with Gasteiger partial charge in [-0.05, 0) is 35.2 Å². The highest BCUT2D eigenvalue weighted by molar-refractivity contribution is 9.10. The van der Waals surface area contributed by atoms with Crippen LogP contribution in [0.1, 0.15) is 44.7 Å². The van der Waals surface area contributed by atoms with Crippen LogP contribution in [0.4, 0.5) is 0 Å². The maximum absolute atomic E-state index is 12.6. The predicted molar refractivity (Wildman–Crippen MR) is 86.6 cm³/mol. The highest BCUT2D eigenvalue weighted by atomic mass is 79.9. The van der Waals surface area contributed by atoms with Gasteiger partial charge in [0, 0.05) is 36.3 Å². The molecule has 6 heteroatoms. The average molecular weight is 363 g/mol. The quantitative estimate of drug-likeness (QED) is 0.783. The number of carbonyl (C=O) groups excluding carboxylic acids is 1. The molecule has 0 N–H and O–H groups in total. The second-order valence-electron chi connectivity index (χ2n) is 7.07. The summed E-state index contributed by atoms with van der Waals surface area (Å²) in [4.78, 5) is 23.6. The van der Waals surface area contributed by atoms with E-state index in [2.05, 4.69) is 39.7 Å². The van der Waals surface area contributed by atoms with Crippen LogP contribution in [0.2, 0.25) is 0 Å². The molecule has 0 bridgehead atoms. The number of hydrogen-bond donors (Lipinski definition) is 0. The van der Waals surface area contributed by atoms with Crippen molar-refractivity contribution >= 4 is 27.4 Å². The highest BCUT2D eigenvalue weighted by Crippen LogP contribution is 2.43. The molecule has 5 nitrogen and oxygen atoms in total. The van der Waals surface area contributed by atoms with Gasteiger partial charge in [0.2, 0.25) is 5.91 Å². The summed E-state index contributed by atoms with van der Waals surface area (Å²) in [5.74, 6) is 0.586. The van der Waals surface area contributed by atoms with Gasteiger partial charge < -0.3 is 4.90 Å². The molecule has 2 atom stereocenters. The fraction of sp³-hybridized carbons (Fsp3) is 0.562. The Hall–Kier alpha value is -1.43. The van der Waals surface area contributed by atoms with Gasteiger partial charge in [0.05, 0.1) is 17.4 Å². The van der Waals surface area contributed by atoms with E-state index in [0.29, 0.717) is 17.9 Å². The number of hydrogen-bond acceptors (Lipinski definition) is 3. The van der Waals surface area contributed by atoms with E-state index in [1.54, 1.807) is 6.20 Å². The van der Waals surface area contributed by atoms with Gasteiger partial charge in [-0.1, -0.05) is 13.8 Å². The molecule has 2 aromatic heterocycles. The van der Waals surface area contributed by atoms with Crippen LogP contribution in [0, 0.1) is 5.41 Å². The minimum absolute atomic E-state index is 0.210. The Bertz CT molecular complexity index is 754. The van der Waals surface area contributed by atoms with E-state index in [1.807, 2.05) is 16.8 Å². The van der Waals surface area contributed by atoms with E-state index < -0.39 is 0 Å². The Labute approximate surface area is 137 Å². The Morgan fingerprint density at radius 1 is 1.36 bits per heavy atom. The number of imidazole rings is 1. The lowest BCUT2D eigenvalue weighted by molar-refractivity contribution is -0.136. The molecule has 0 saturated carbocycles. The molecule has 2 saturated heterocycles. The fourth-order valence-electron chi connectivity index (χ4n) is 4.00. The third-order valence-electron chi connectivity index (χ3n) is 5.11. The molecule has 2 aromatic rings. The molecule has 2 fully saturated rings. The Balaban J connectivity index is 1.68. The summed E-state index contributed by atoms with van der Waals surface area (Å²) < 4.78 is 2.81. The van der Waals surface area contributed by atoms with E-state index in [4.69, 9.17) is 4.98 Å². The Morgan fingerprint density at radius 2 is 2.18 bits per heavy atom. The predicted octanol–water partition coefficient (Wildman–Crippen LogP) is 3.00. The van der Waals surface area contributed by atoms with Gasteiger partial charge in [0.25, 0.3) is 0 Å². The number of amides is 1. The SMILES string of the molecule is CC1(C)CC2CCC(c3nc(Br)n4ccncc34)CN2C1=O. The smallest absolute Gasteiger partial charge is 0.228 e. The molecule has 22 heavy (non-hydrogen) atoms. The molecule has 4 heterocycles. The van der Waals surface area contributed by atoms with Crippen LogP contribution in [-0.4, -0.2) is 37.8 Å². The van der Waals surface area contributed by atoms with Crippen molar-refractivity contribution < 1.29 is 4.79 Å². The maximum atomic E-state index is 12.6. The second kappa shape index (κ2) is 4.78. The molecule has 1 amide bonds. The zero-order valence-corrected chi connectivity index (χ0v) is 14.4. The maximum Gasteiger partial charge on any atom is 0.228 e. The number of carbonyl (C=O) groups is 1. The van der Waals surface area contributed by atoms with Crippen LogP contribution >= 0.6 is 15.9 Å². The van der Waals surface area contributed by atoms with Gasteiger partial charge in [-0.2, -0.15) is 0 Å². The Kier molecular flexibility index (Phi) is 3.08. The molecule has 116 valence electrons. The summed E-state index contributed by atoms with van der Waals surface area (Å²) in [5.41, 5.74) is 1.87.